The van der Waals surface area contributed by atoms with Crippen LogP contribution in [0, 0.1) is 5.92 Å². The maximum Gasteiger partial charge on any atom is 0.225 e. The molecule has 1 aliphatic carbocycles. The van der Waals surface area contributed by atoms with Crippen molar-refractivity contribution in [3.05, 3.63) is 71.8 Å². The first-order valence-corrected chi connectivity index (χ1v) is 10.6. The molecule has 0 radical (unpaired) electrons. The van der Waals surface area contributed by atoms with Gasteiger partial charge in [0.2, 0.25) is 5.91 Å². The number of piperazine rings is 1. The molecule has 0 aromatic heterocycles. The Morgan fingerprint density at radius 1 is 0.857 bits per heavy atom. The van der Waals surface area contributed by atoms with Gasteiger partial charge in [-0.05, 0) is 30.4 Å². The third-order valence-electron chi connectivity index (χ3n) is 6.29. The quantitative estimate of drug-likeness (QED) is 0.888. The van der Waals surface area contributed by atoms with Crippen LogP contribution in [-0.4, -0.2) is 47.9 Å². The lowest BCUT2D eigenvalue weighted by Gasteiger charge is -2.41. The molecule has 4 rings (SSSR count). The van der Waals surface area contributed by atoms with Crippen molar-refractivity contribution in [2.24, 2.45) is 11.7 Å². The van der Waals surface area contributed by atoms with Crippen LogP contribution in [0.1, 0.15) is 42.9 Å². The summed E-state index contributed by atoms with van der Waals surface area (Å²) in [6.07, 6.45) is 4.01. The van der Waals surface area contributed by atoms with Gasteiger partial charge in [0.1, 0.15) is 0 Å². The van der Waals surface area contributed by atoms with E-state index in [2.05, 4.69) is 70.5 Å². The van der Waals surface area contributed by atoms with Gasteiger partial charge in [-0.25, -0.2) is 0 Å². The molecular formula is C24H31N3O. The second-order valence-electron chi connectivity index (χ2n) is 8.21. The van der Waals surface area contributed by atoms with Gasteiger partial charge in [0, 0.05) is 38.1 Å². The Hall–Kier alpha value is -2.17. The summed E-state index contributed by atoms with van der Waals surface area (Å²) in [7, 11) is 0. The highest BCUT2D eigenvalue weighted by atomic mass is 16.2. The van der Waals surface area contributed by atoms with E-state index in [0.717, 1.165) is 51.9 Å². The highest BCUT2D eigenvalue weighted by molar-refractivity contribution is 5.79. The maximum absolute atomic E-state index is 13.0. The number of nitrogens with zero attached hydrogens (tertiary/aromatic N) is 2. The van der Waals surface area contributed by atoms with Crippen LogP contribution >= 0.6 is 0 Å². The zero-order valence-corrected chi connectivity index (χ0v) is 16.5. The van der Waals surface area contributed by atoms with Gasteiger partial charge >= 0.3 is 0 Å². The molecule has 2 aromatic carbocycles. The molecule has 1 saturated carbocycles. The van der Waals surface area contributed by atoms with Crippen molar-refractivity contribution in [2.75, 3.05) is 26.2 Å². The monoisotopic (exact) mass is 377 g/mol. The molecule has 1 heterocycles. The number of carbonyl (C=O) groups is 1. The van der Waals surface area contributed by atoms with Gasteiger partial charge in [0.25, 0.3) is 0 Å². The Morgan fingerprint density at radius 3 is 1.96 bits per heavy atom. The summed E-state index contributed by atoms with van der Waals surface area (Å²) in [6.45, 7) is 3.42. The number of hydrogen-bond acceptors (Lipinski definition) is 3. The fourth-order valence-electron chi connectivity index (χ4n) is 4.80. The SMILES string of the molecule is NC1CCCC(C(=O)N2CCN(C(c3ccccc3)c3ccccc3)CC2)C1. The van der Waals surface area contributed by atoms with Gasteiger partial charge < -0.3 is 10.6 Å². The zero-order chi connectivity index (χ0) is 19.3. The van der Waals surface area contributed by atoms with Gasteiger partial charge in [-0.1, -0.05) is 67.1 Å². The van der Waals surface area contributed by atoms with Gasteiger partial charge in [-0.2, -0.15) is 0 Å². The predicted octanol–water partition coefficient (Wildman–Crippen LogP) is 3.44. The number of benzene rings is 2. The second-order valence-corrected chi connectivity index (χ2v) is 8.21. The average molecular weight is 378 g/mol. The van der Waals surface area contributed by atoms with E-state index in [9.17, 15) is 4.79 Å². The lowest BCUT2D eigenvalue weighted by atomic mass is 9.85. The van der Waals surface area contributed by atoms with Crippen LogP contribution in [0.2, 0.25) is 0 Å². The average Bonchev–Trinajstić information content (AvgIpc) is 2.75. The standard InChI is InChI=1S/C24H31N3O/c25-22-13-7-12-21(18-22)24(28)27-16-14-26(15-17-27)23(19-8-3-1-4-9-19)20-10-5-2-6-11-20/h1-6,8-11,21-23H,7,12-18,25H2. The van der Waals surface area contributed by atoms with E-state index in [0.29, 0.717) is 5.91 Å². The molecule has 1 aliphatic heterocycles. The summed E-state index contributed by atoms with van der Waals surface area (Å²) in [5.74, 6) is 0.458. The molecule has 2 atom stereocenters. The lowest BCUT2D eigenvalue weighted by Crippen LogP contribution is -2.52. The normalized spacial score (nSPS) is 23.7. The van der Waals surface area contributed by atoms with Crippen LogP contribution in [0.5, 0.6) is 0 Å². The van der Waals surface area contributed by atoms with E-state index in [1.165, 1.54) is 11.1 Å². The summed E-state index contributed by atoms with van der Waals surface area (Å²) in [5.41, 5.74) is 8.73. The molecule has 2 fully saturated rings. The predicted molar refractivity (Wildman–Crippen MR) is 113 cm³/mol. The summed E-state index contributed by atoms with van der Waals surface area (Å²) < 4.78 is 0. The minimum absolute atomic E-state index is 0.134. The van der Waals surface area contributed by atoms with Crippen molar-refractivity contribution in [1.82, 2.24) is 9.80 Å². The molecule has 4 heteroatoms. The number of hydrogen-bond donors (Lipinski definition) is 1. The third kappa shape index (κ3) is 4.29. The summed E-state index contributed by atoms with van der Waals surface area (Å²) in [4.78, 5) is 17.6. The second kappa shape index (κ2) is 8.89. The number of amides is 1. The van der Waals surface area contributed by atoms with Crippen LogP contribution in [0.3, 0.4) is 0 Å². The first-order chi connectivity index (χ1) is 13.7. The van der Waals surface area contributed by atoms with E-state index >= 15 is 0 Å². The van der Waals surface area contributed by atoms with Crippen LogP contribution in [0.4, 0.5) is 0 Å². The first-order valence-electron chi connectivity index (χ1n) is 10.6. The number of carbonyl (C=O) groups excluding carboxylic acids is 1. The van der Waals surface area contributed by atoms with Crippen molar-refractivity contribution < 1.29 is 4.79 Å². The molecule has 4 nitrogen and oxygen atoms in total. The molecule has 2 aromatic rings. The summed E-state index contributed by atoms with van der Waals surface area (Å²) in [6, 6.07) is 21.8. The fraction of sp³-hybridized carbons (Fsp3) is 0.458. The molecule has 2 aliphatic rings. The smallest absolute Gasteiger partial charge is 0.225 e. The van der Waals surface area contributed by atoms with Gasteiger partial charge in [0.15, 0.2) is 0 Å². The summed E-state index contributed by atoms with van der Waals surface area (Å²) in [5, 5.41) is 0. The number of rotatable bonds is 4. The zero-order valence-electron chi connectivity index (χ0n) is 16.5. The fourth-order valence-corrected chi connectivity index (χ4v) is 4.80. The van der Waals surface area contributed by atoms with Gasteiger partial charge in [-0.15, -0.1) is 0 Å². The minimum atomic E-state index is 0.134. The molecule has 2 unspecified atom stereocenters. The molecule has 2 N–H and O–H groups in total. The molecule has 28 heavy (non-hydrogen) atoms. The lowest BCUT2D eigenvalue weighted by molar-refractivity contribution is -0.138. The Bertz CT molecular complexity index is 716. The van der Waals surface area contributed by atoms with Crippen molar-refractivity contribution in [1.29, 1.82) is 0 Å². The molecule has 1 saturated heterocycles. The Morgan fingerprint density at radius 2 is 1.43 bits per heavy atom. The van der Waals surface area contributed by atoms with Crippen molar-refractivity contribution in [2.45, 2.75) is 37.8 Å². The number of nitrogens with two attached hydrogens (primary N) is 1. The van der Waals surface area contributed by atoms with Crippen molar-refractivity contribution >= 4 is 5.91 Å². The summed E-state index contributed by atoms with van der Waals surface area (Å²) >= 11 is 0. The first kappa shape index (κ1) is 19.2. The minimum Gasteiger partial charge on any atom is -0.340 e. The topological polar surface area (TPSA) is 49.6 Å². The maximum atomic E-state index is 13.0. The third-order valence-corrected chi connectivity index (χ3v) is 6.29. The highest BCUT2D eigenvalue weighted by Gasteiger charge is 2.32. The van der Waals surface area contributed by atoms with E-state index in [4.69, 9.17) is 5.73 Å². The van der Waals surface area contributed by atoms with Crippen LogP contribution in [-0.2, 0) is 4.79 Å². The molecule has 0 bridgehead atoms. The van der Waals surface area contributed by atoms with Gasteiger partial charge in [-0.3, -0.25) is 9.69 Å². The van der Waals surface area contributed by atoms with Crippen molar-refractivity contribution in [3.8, 4) is 0 Å². The molecule has 1 amide bonds. The molecule has 148 valence electrons. The van der Waals surface area contributed by atoms with Crippen molar-refractivity contribution in [3.63, 3.8) is 0 Å². The van der Waals surface area contributed by atoms with Crippen LogP contribution < -0.4 is 5.73 Å². The van der Waals surface area contributed by atoms with Gasteiger partial charge in [0.05, 0.1) is 6.04 Å². The Labute approximate surface area is 168 Å². The largest absolute Gasteiger partial charge is 0.340 e. The van der Waals surface area contributed by atoms with Crippen LogP contribution in [0.15, 0.2) is 60.7 Å². The van der Waals surface area contributed by atoms with E-state index < -0.39 is 0 Å². The Balaban J connectivity index is 1.45. The van der Waals surface area contributed by atoms with Crippen LogP contribution in [0.25, 0.3) is 0 Å². The molecule has 0 spiro atoms. The van der Waals surface area contributed by atoms with E-state index in [1.807, 2.05) is 0 Å². The van der Waals surface area contributed by atoms with E-state index in [-0.39, 0.29) is 18.0 Å². The molecular weight excluding hydrogens is 346 g/mol. The van der Waals surface area contributed by atoms with E-state index in [1.54, 1.807) is 0 Å². The highest BCUT2D eigenvalue weighted by Crippen LogP contribution is 2.30. The Kier molecular flexibility index (Phi) is 6.08.